The van der Waals surface area contributed by atoms with Crippen molar-refractivity contribution in [3.05, 3.63) is 51.4 Å². The monoisotopic (exact) mass is 495 g/mol. The number of aryl methyl sites for hydroxylation is 1. The number of thiophene rings is 1. The predicted octanol–water partition coefficient (Wildman–Crippen LogP) is 3.73. The van der Waals surface area contributed by atoms with E-state index in [0.29, 0.717) is 61.2 Å². The Morgan fingerprint density at radius 1 is 1.14 bits per heavy atom. The minimum absolute atomic E-state index is 0.0253. The van der Waals surface area contributed by atoms with Gasteiger partial charge in [0, 0.05) is 19.4 Å². The lowest BCUT2D eigenvalue weighted by atomic mass is 10.1. The SMILES string of the molecule is CC(C)Cn1c(=O)c2sccc2n2c(CCCC(=O)NC(C)c3ccc4c(c3)OCCO4)nnc12. The van der Waals surface area contributed by atoms with Crippen molar-refractivity contribution < 1.29 is 14.3 Å². The minimum Gasteiger partial charge on any atom is -0.486 e. The topological polar surface area (TPSA) is 99.8 Å². The lowest BCUT2D eigenvalue weighted by Crippen LogP contribution is -2.26. The van der Waals surface area contributed by atoms with Crippen LogP contribution in [-0.2, 0) is 17.8 Å². The number of nitrogens with one attached hydrogen (secondary N) is 1. The fourth-order valence-corrected chi connectivity index (χ4v) is 5.23. The summed E-state index contributed by atoms with van der Waals surface area (Å²) >= 11 is 1.43. The zero-order valence-electron chi connectivity index (χ0n) is 20.1. The van der Waals surface area contributed by atoms with Gasteiger partial charge in [-0.2, -0.15) is 0 Å². The van der Waals surface area contributed by atoms with Crippen LogP contribution in [0.4, 0.5) is 0 Å². The molecule has 9 nitrogen and oxygen atoms in total. The summed E-state index contributed by atoms with van der Waals surface area (Å²) in [6, 6.07) is 7.53. The van der Waals surface area contributed by atoms with Crippen molar-refractivity contribution in [2.45, 2.75) is 52.6 Å². The molecule has 10 heteroatoms. The summed E-state index contributed by atoms with van der Waals surface area (Å²) in [5.41, 5.74) is 1.77. The fourth-order valence-electron chi connectivity index (χ4n) is 4.41. The van der Waals surface area contributed by atoms with Crippen LogP contribution >= 0.6 is 11.3 Å². The van der Waals surface area contributed by atoms with Crippen molar-refractivity contribution in [3.63, 3.8) is 0 Å². The largest absolute Gasteiger partial charge is 0.486 e. The van der Waals surface area contributed by atoms with Gasteiger partial charge in [0.05, 0.1) is 11.6 Å². The van der Waals surface area contributed by atoms with Crippen LogP contribution in [0.1, 0.15) is 51.0 Å². The number of carbonyl (C=O) groups excluding carboxylic acids is 1. The Labute approximate surface area is 206 Å². The normalized spacial score (nSPS) is 14.1. The molecule has 0 bridgehead atoms. The minimum atomic E-state index is -0.150. The van der Waals surface area contributed by atoms with Crippen LogP contribution < -0.4 is 20.3 Å². The van der Waals surface area contributed by atoms with E-state index < -0.39 is 0 Å². The molecule has 1 amide bonds. The van der Waals surface area contributed by atoms with E-state index in [-0.39, 0.29) is 17.5 Å². The molecule has 0 saturated heterocycles. The first-order chi connectivity index (χ1) is 16.9. The van der Waals surface area contributed by atoms with Crippen molar-refractivity contribution >= 4 is 33.2 Å². The van der Waals surface area contributed by atoms with E-state index in [1.165, 1.54) is 11.3 Å². The molecule has 1 aromatic carbocycles. The van der Waals surface area contributed by atoms with Crippen LogP contribution in [0.5, 0.6) is 11.5 Å². The molecule has 0 spiro atoms. The first-order valence-corrected chi connectivity index (χ1v) is 12.8. The highest BCUT2D eigenvalue weighted by Crippen LogP contribution is 2.32. The standard InChI is InChI=1S/C25H29N5O4S/c1-15(2)14-29-24(32)23-18(9-12-35-23)30-21(27-28-25(29)30)5-4-6-22(31)26-16(3)17-7-8-19-20(13-17)34-11-10-33-19/h7-9,12-13,15-16H,4-6,10-11,14H2,1-3H3,(H,26,31). The van der Waals surface area contributed by atoms with Gasteiger partial charge in [-0.25, -0.2) is 0 Å². The van der Waals surface area contributed by atoms with E-state index in [2.05, 4.69) is 29.4 Å². The number of benzene rings is 1. The smallest absolute Gasteiger partial charge is 0.272 e. The molecule has 0 aliphatic carbocycles. The Morgan fingerprint density at radius 2 is 1.94 bits per heavy atom. The van der Waals surface area contributed by atoms with Gasteiger partial charge in [0.2, 0.25) is 11.7 Å². The van der Waals surface area contributed by atoms with Crippen LogP contribution in [0.2, 0.25) is 0 Å². The fraction of sp³-hybridized carbons (Fsp3) is 0.440. The van der Waals surface area contributed by atoms with Crippen LogP contribution in [-0.4, -0.2) is 38.3 Å². The zero-order valence-corrected chi connectivity index (χ0v) is 20.9. The van der Waals surface area contributed by atoms with Gasteiger partial charge in [-0.15, -0.1) is 21.5 Å². The number of hydrogen-bond donors (Lipinski definition) is 1. The quantitative estimate of drug-likeness (QED) is 0.400. The Bertz CT molecular complexity index is 1440. The summed E-state index contributed by atoms with van der Waals surface area (Å²) in [7, 11) is 0. The third-order valence-electron chi connectivity index (χ3n) is 6.07. The number of nitrogens with zero attached hydrogens (tertiary/aromatic N) is 4. The maximum atomic E-state index is 13.0. The summed E-state index contributed by atoms with van der Waals surface area (Å²) < 4.78 is 15.6. The van der Waals surface area contributed by atoms with Gasteiger partial charge in [-0.05, 0) is 48.4 Å². The summed E-state index contributed by atoms with van der Waals surface area (Å²) in [6.45, 7) is 7.76. The molecule has 184 valence electrons. The average molecular weight is 496 g/mol. The number of carbonyl (C=O) groups is 1. The molecule has 0 saturated carbocycles. The van der Waals surface area contributed by atoms with Crippen molar-refractivity contribution in [2.24, 2.45) is 5.92 Å². The molecule has 1 N–H and O–H groups in total. The lowest BCUT2D eigenvalue weighted by molar-refractivity contribution is -0.121. The van der Waals surface area contributed by atoms with Crippen molar-refractivity contribution in [2.75, 3.05) is 13.2 Å². The second-order valence-corrected chi connectivity index (χ2v) is 10.2. The number of hydrogen-bond acceptors (Lipinski definition) is 7. The predicted molar refractivity (Wildman–Crippen MR) is 134 cm³/mol. The Kier molecular flexibility index (Phi) is 6.46. The van der Waals surface area contributed by atoms with Gasteiger partial charge in [-0.1, -0.05) is 19.9 Å². The molecule has 1 aliphatic heterocycles. The van der Waals surface area contributed by atoms with Crippen molar-refractivity contribution in [3.8, 4) is 11.5 Å². The third-order valence-corrected chi connectivity index (χ3v) is 6.97. The third kappa shape index (κ3) is 4.62. The van der Waals surface area contributed by atoms with E-state index >= 15 is 0 Å². The van der Waals surface area contributed by atoms with Gasteiger partial charge in [0.25, 0.3) is 5.56 Å². The Hall–Kier alpha value is -3.40. The average Bonchev–Trinajstić information content (AvgIpc) is 3.48. The number of aromatic nitrogens is 4. The first-order valence-electron chi connectivity index (χ1n) is 11.9. The van der Waals surface area contributed by atoms with Gasteiger partial charge in [0.15, 0.2) is 11.5 Å². The zero-order chi connectivity index (χ0) is 24.5. The van der Waals surface area contributed by atoms with E-state index in [1.54, 1.807) is 4.57 Å². The number of amides is 1. The van der Waals surface area contributed by atoms with E-state index in [9.17, 15) is 9.59 Å². The van der Waals surface area contributed by atoms with Gasteiger partial charge < -0.3 is 14.8 Å². The second kappa shape index (κ2) is 9.69. The molecule has 5 rings (SSSR count). The van der Waals surface area contributed by atoms with Crippen LogP contribution in [0, 0.1) is 5.92 Å². The van der Waals surface area contributed by atoms with Gasteiger partial charge in [0.1, 0.15) is 23.7 Å². The maximum Gasteiger partial charge on any atom is 0.272 e. The number of rotatable bonds is 8. The second-order valence-electron chi connectivity index (χ2n) is 9.24. The first kappa shape index (κ1) is 23.3. The van der Waals surface area contributed by atoms with Crippen molar-refractivity contribution in [1.82, 2.24) is 24.5 Å². The van der Waals surface area contributed by atoms with Gasteiger partial charge >= 0.3 is 0 Å². The maximum absolute atomic E-state index is 13.0. The van der Waals surface area contributed by atoms with Crippen LogP contribution in [0.25, 0.3) is 16.0 Å². The molecule has 0 radical (unpaired) electrons. The molecule has 3 aromatic heterocycles. The van der Waals surface area contributed by atoms with Crippen molar-refractivity contribution in [1.29, 1.82) is 0 Å². The van der Waals surface area contributed by atoms with E-state index in [4.69, 9.17) is 9.47 Å². The van der Waals surface area contributed by atoms with E-state index in [1.807, 2.05) is 41.0 Å². The van der Waals surface area contributed by atoms with E-state index in [0.717, 1.165) is 22.7 Å². The molecular weight excluding hydrogens is 466 g/mol. The number of fused-ring (bicyclic) bond motifs is 4. The highest BCUT2D eigenvalue weighted by atomic mass is 32.1. The molecule has 0 fully saturated rings. The van der Waals surface area contributed by atoms with Gasteiger partial charge in [-0.3, -0.25) is 18.6 Å². The van der Waals surface area contributed by atoms with Crippen LogP contribution in [0.15, 0.2) is 34.4 Å². The summed E-state index contributed by atoms with van der Waals surface area (Å²) in [5, 5.41) is 13.7. The molecule has 1 atom stereocenters. The number of ether oxygens (including phenoxy) is 2. The highest BCUT2D eigenvalue weighted by Gasteiger charge is 2.19. The molecule has 35 heavy (non-hydrogen) atoms. The molecule has 1 aliphatic rings. The lowest BCUT2D eigenvalue weighted by Gasteiger charge is -2.21. The summed E-state index contributed by atoms with van der Waals surface area (Å²) in [6.07, 6.45) is 1.56. The molecule has 4 aromatic rings. The molecular formula is C25H29N5O4S. The molecule has 1 unspecified atom stereocenters. The molecule has 4 heterocycles. The van der Waals surface area contributed by atoms with Crippen LogP contribution in [0.3, 0.4) is 0 Å². The summed E-state index contributed by atoms with van der Waals surface area (Å²) in [5.74, 6) is 3.03. The highest BCUT2D eigenvalue weighted by molar-refractivity contribution is 7.17. The Balaban J connectivity index is 1.27. The summed E-state index contributed by atoms with van der Waals surface area (Å²) in [4.78, 5) is 25.6. The Morgan fingerprint density at radius 3 is 2.74 bits per heavy atom.